The highest BCUT2D eigenvalue weighted by Gasteiger charge is 2.19. The van der Waals surface area contributed by atoms with Crippen molar-refractivity contribution in [1.82, 2.24) is 4.90 Å². The molecule has 0 unspecified atom stereocenters. The Morgan fingerprint density at radius 3 is 1.88 bits per heavy atom. The van der Waals surface area contributed by atoms with Crippen molar-refractivity contribution >= 4 is 11.9 Å². The normalized spacial score (nSPS) is 18.8. The maximum Gasteiger partial charge on any atom is 0.331 e. The number of hydrogen-bond acceptors (Lipinski definition) is 2. The van der Waals surface area contributed by atoms with Gasteiger partial charge in [0.1, 0.15) is 0 Å². The second-order valence-electron chi connectivity index (χ2n) is 4.26. The summed E-state index contributed by atoms with van der Waals surface area (Å²) in [5, 5.41) is 8.83. The SMILES string of the molecule is C/C(C(=O)O)=C(\C)C(=O)N1CCCCCC1. The van der Waals surface area contributed by atoms with E-state index in [1.807, 2.05) is 0 Å². The van der Waals surface area contributed by atoms with E-state index in [1.165, 1.54) is 6.92 Å². The number of carbonyl (C=O) groups is 2. The van der Waals surface area contributed by atoms with Gasteiger partial charge in [-0.3, -0.25) is 4.79 Å². The molecule has 1 aliphatic heterocycles. The summed E-state index contributed by atoms with van der Waals surface area (Å²) in [6.45, 7) is 4.58. The van der Waals surface area contributed by atoms with Gasteiger partial charge in [0.15, 0.2) is 0 Å². The highest BCUT2D eigenvalue weighted by Crippen LogP contribution is 2.14. The van der Waals surface area contributed by atoms with Gasteiger partial charge in [-0.25, -0.2) is 4.79 Å². The van der Waals surface area contributed by atoms with Crippen LogP contribution in [0.3, 0.4) is 0 Å². The molecule has 1 heterocycles. The zero-order valence-corrected chi connectivity index (χ0v) is 9.95. The molecule has 1 fully saturated rings. The number of hydrogen-bond donors (Lipinski definition) is 1. The van der Waals surface area contributed by atoms with Gasteiger partial charge >= 0.3 is 5.97 Å². The summed E-state index contributed by atoms with van der Waals surface area (Å²) in [5.41, 5.74) is 0.503. The average Bonchev–Trinajstić information content (AvgIpc) is 2.54. The first-order chi connectivity index (χ1) is 7.54. The molecule has 0 radical (unpaired) electrons. The van der Waals surface area contributed by atoms with E-state index < -0.39 is 5.97 Å². The number of amides is 1. The third-order valence-electron chi connectivity index (χ3n) is 3.10. The van der Waals surface area contributed by atoms with Gasteiger partial charge in [0.2, 0.25) is 5.91 Å². The fourth-order valence-corrected chi connectivity index (χ4v) is 1.83. The molecule has 1 aliphatic rings. The highest BCUT2D eigenvalue weighted by atomic mass is 16.4. The molecule has 1 rings (SSSR count). The minimum absolute atomic E-state index is 0.123. The van der Waals surface area contributed by atoms with E-state index in [0.29, 0.717) is 5.57 Å². The molecular formula is C12H19NO3. The topological polar surface area (TPSA) is 57.6 Å². The number of nitrogens with zero attached hydrogens (tertiary/aromatic N) is 1. The lowest BCUT2D eigenvalue weighted by Crippen LogP contribution is -2.33. The van der Waals surface area contributed by atoms with Crippen LogP contribution < -0.4 is 0 Å². The first-order valence-electron chi connectivity index (χ1n) is 5.74. The zero-order valence-electron chi connectivity index (χ0n) is 9.95. The van der Waals surface area contributed by atoms with E-state index in [9.17, 15) is 9.59 Å². The van der Waals surface area contributed by atoms with Crippen LogP contribution in [0.25, 0.3) is 0 Å². The van der Waals surface area contributed by atoms with Crippen LogP contribution in [0.15, 0.2) is 11.1 Å². The second kappa shape index (κ2) is 5.68. The third kappa shape index (κ3) is 3.08. The molecule has 90 valence electrons. The number of rotatable bonds is 2. The van der Waals surface area contributed by atoms with Gasteiger partial charge in [0.25, 0.3) is 0 Å². The summed E-state index contributed by atoms with van der Waals surface area (Å²) < 4.78 is 0. The Hall–Kier alpha value is -1.32. The smallest absolute Gasteiger partial charge is 0.331 e. The van der Waals surface area contributed by atoms with Crippen molar-refractivity contribution in [1.29, 1.82) is 0 Å². The Kier molecular flexibility index (Phi) is 4.52. The van der Waals surface area contributed by atoms with Gasteiger partial charge in [-0.15, -0.1) is 0 Å². The van der Waals surface area contributed by atoms with Crippen molar-refractivity contribution in [3.8, 4) is 0 Å². The molecule has 0 bridgehead atoms. The van der Waals surface area contributed by atoms with Crippen LogP contribution in [0.2, 0.25) is 0 Å². The molecule has 16 heavy (non-hydrogen) atoms. The van der Waals surface area contributed by atoms with Crippen LogP contribution in [0.5, 0.6) is 0 Å². The Morgan fingerprint density at radius 1 is 0.938 bits per heavy atom. The van der Waals surface area contributed by atoms with Crippen LogP contribution in [-0.2, 0) is 9.59 Å². The monoisotopic (exact) mass is 225 g/mol. The fourth-order valence-electron chi connectivity index (χ4n) is 1.83. The Labute approximate surface area is 95.9 Å². The largest absolute Gasteiger partial charge is 0.478 e. The van der Waals surface area contributed by atoms with E-state index in [4.69, 9.17) is 5.11 Å². The van der Waals surface area contributed by atoms with Crippen molar-refractivity contribution in [2.75, 3.05) is 13.1 Å². The van der Waals surface area contributed by atoms with Gasteiger partial charge < -0.3 is 10.0 Å². The number of carboxylic acids is 1. The first-order valence-corrected chi connectivity index (χ1v) is 5.74. The van der Waals surface area contributed by atoms with Crippen molar-refractivity contribution < 1.29 is 14.7 Å². The molecule has 1 amide bonds. The molecule has 0 aliphatic carbocycles. The molecule has 0 aromatic heterocycles. The van der Waals surface area contributed by atoms with Gasteiger partial charge in [-0.05, 0) is 26.7 Å². The quantitative estimate of drug-likeness (QED) is 0.729. The van der Waals surface area contributed by atoms with Crippen molar-refractivity contribution in [2.45, 2.75) is 39.5 Å². The van der Waals surface area contributed by atoms with Gasteiger partial charge in [0.05, 0.1) is 0 Å². The van der Waals surface area contributed by atoms with E-state index >= 15 is 0 Å². The predicted molar refractivity (Wildman–Crippen MR) is 61.1 cm³/mol. The van der Waals surface area contributed by atoms with E-state index in [0.717, 1.165) is 38.8 Å². The highest BCUT2D eigenvalue weighted by molar-refractivity contribution is 6.01. The summed E-state index contributed by atoms with van der Waals surface area (Å²) in [6.07, 6.45) is 4.35. The van der Waals surface area contributed by atoms with Crippen molar-refractivity contribution in [3.05, 3.63) is 11.1 Å². The number of carboxylic acid groups (broad SMARTS) is 1. The summed E-state index contributed by atoms with van der Waals surface area (Å²) in [4.78, 5) is 24.5. The summed E-state index contributed by atoms with van der Waals surface area (Å²) in [7, 11) is 0. The molecule has 1 saturated heterocycles. The Balaban J connectivity index is 2.76. The zero-order chi connectivity index (χ0) is 12.1. The molecule has 4 heteroatoms. The summed E-state index contributed by atoms with van der Waals surface area (Å²) >= 11 is 0. The molecule has 4 nitrogen and oxygen atoms in total. The lowest BCUT2D eigenvalue weighted by Gasteiger charge is -2.21. The number of carbonyl (C=O) groups excluding carboxylic acids is 1. The fraction of sp³-hybridized carbons (Fsp3) is 0.667. The molecular weight excluding hydrogens is 206 g/mol. The maximum absolute atomic E-state index is 12.0. The summed E-state index contributed by atoms with van der Waals surface area (Å²) in [5.74, 6) is -1.14. The molecule has 0 saturated carbocycles. The molecule has 1 N–H and O–H groups in total. The lowest BCUT2D eigenvalue weighted by atomic mass is 10.1. The van der Waals surface area contributed by atoms with Crippen molar-refractivity contribution in [3.63, 3.8) is 0 Å². The number of aliphatic carboxylic acids is 1. The van der Waals surface area contributed by atoms with Crippen LogP contribution in [0.4, 0.5) is 0 Å². The van der Waals surface area contributed by atoms with Gasteiger partial charge in [-0.2, -0.15) is 0 Å². The second-order valence-corrected chi connectivity index (χ2v) is 4.26. The van der Waals surface area contributed by atoms with E-state index in [1.54, 1.807) is 11.8 Å². The van der Waals surface area contributed by atoms with Crippen molar-refractivity contribution in [2.24, 2.45) is 0 Å². The third-order valence-corrected chi connectivity index (χ3v) is 3.10. The van der Waals surface area contributed by atoms with E-state index in [2.05, 4.69) is 0 Å². The lowest BCUT2D eigenvalue weighted by molar-refractivity contribution is -0.133. The Bertz CT molecular complexity index is 312. The van der Waals surface area contributed by atoms with Crippen LogP contribution in [-0.4, -0.2) is 35.0 Å². The van der Waals surface area contributed by atoms with E-state index in [-0.39, 0.29) is 11.5 Å². The molecule has 0 atom stereocenters. The first kappa shape index (κ1) is 12.7. The number of likely N-dealkylation sites (tertiary alicyclic amines) is 1. The minimum Gasteiger partial charge on any atom is -0.478 e. The van der Waals surface area contributed by atoms with Gasteiger partial charge in [0, 0.05) is 24.2 Å². The summed E-state index contributed by atoms with van der Waals surface area (Å²) in [6, 6.07) is 0. The standard InChI is InChI=1S/C12H19NO3/c1-9(10(2)12(15)16)11(14)13-7-5-3-4-6-8-13/h3-8H2,1-2H3,(H,15,16)/b10-9-. The average molecular weight is 225 g/mol. The predicted octanol–water partition coefficient (Wildman–Crippen LogP) is 1.81. The van der Waals surface area contributed by atoms with Crippen LogP contribution in [0.1, 0.15) is 39.5 Å². The molecule has 0 spiro atoms. The maximum atomic E-state index is 12.0. The van der Waals surface area contributed by atoms with Gasteiger partial charge in [-0.1, -0.05) is 12.8 Å². The Morgan fingerprint density at radius 2 is 1.44 bits per heavy atom. The van der Waals surface area contributed by atoms with Crippen LogP contribution >= 0.6 is 0 Å². The van der Waals surface area contributed by atoms with Crippen LogP contribution in [0, 0.1) is 0 Å². The minimum atomic E-state index is -1.01. The molecule has 0 aromatic carbocycles. The molecule has 0 aromatic rings.